The molecule has 4 aliphatic rings. The van der Waals surface area contributed by atoms with Crippen LogP contribution in [0.4, 0.5) is 0 Å². The maximum atomic E-state index is 11.3. The van der Waals surface area contributed by atoms with Gasteiger partial charge in [-0.05, 0) is 117 Å². The van der Waals surface area contributed by atoms with Crippen molar-refractivity contribution in [3.05, 3.63) is 24.3 Å². The van der Waals surface area contributed by atoms with Crippen molar-refractivity contribution in [2.45, 2.75) is 98.5 Å². The van der Waals surface area contributed by atoms with E-state index in [2.05, 4.69) is 53.3 Å². The molecule has 0 aliphatic heterocycles. The van der Waals surface area contributed by atoms with Crippen molar-refractivity contribution in [2.24, 2.45) is 52.3 Å². The molecule has 188 valence electrons. The third-order valence-electron chi connectivity index (χ3n) is 11.1. The zero-order valence-electron chi connectivity index (χ0n) is 21.4. The first-order valence-corrected chi connectivity index (χ1v) is 14.7. The van der Waals surface area contributed by atoms with Gasteiger partial charge in [0.15, 0.2) is 0 Å². The van der Waals surface area contributed by atoms with Gasteiger partial charge in [-0.3, -0.25) is 4.55 Å². The number of hydrogen-bond acceptors (Lipinski definition) is 3. The molecule has 2 unspecified atom stereocenters. The average molecular weight is 479 g/mol. The maximum Gasteiger partial charge on any atom is 0.397 e. The summed E-state index contributed by atoms with van der Waals surface area (Å²) in [6.45, 7) is 16.0. The van der Waals surface area contributed by atoms with Crippen molar-refractivity contribution < 1.29 is 17.2 Å². The van der Waals surface area contributed by atoms with Crippen molar-refractivity contribution in [2.75, 3.05) is 0 Å². The van der Waals surface area contributed by atoms with Gasteiger partial charge in [0.2, 0.25) is 0 Å². The summed E-state index contributed by atoms with van der Waals surface area (Å²) >= 11 is 0. The first kappa shape index (κ1) is 25.4. The Balaban J connectivity index is 1.47. The van der Waals surface area contributed by atoms with Crippen molar-refractivity contribution in [1.29, 1.82) is 0 Å². The van der Waals surface area contributed by atoms with E-state index in [1.54, 1.807) is 0 Å². The molecule has 0 amide bonds. The van der Waals surface area contributed by atoms with Gasteiger partial charge in [-0.25, -0.2) is 4.18 Å². The molecule has 4 aliphatic carbocycles. The monoisotopic (exact) mass is 478 g/mol. The Bertz CT molecular complexity index is 878. The molecule has 33 heavy (non-hydrogen) atoms. The quantitative estimate of drug-likeness (QED) is 0.323. The lowest BCUT2D eigenvalue weighted by molar-refractivity contribution is -0.125. The summed E-state index contributed by atoms with van der Waals surface area (Å²) in [5.74, 6) is 4.70. The van der Waals surface area contributed by atoms with E-state index < -0.39 is 10.4 Å². The minimum Gasteiger partial charge on any atom is -0.264 e. The molecule has 0 spiro atoms. The van der Waals surface area contributed by atoms with Gasteiger partial charge < -0.3 is 0 Å². The van der Waals surface area contributed by atoms with Gasteiger partial charge in [-0.2, -0.15) is 8.42 Å². The summed E-state index contributed by atoms with van der Waals surface area (Å²) in [6, 6.07) is 0. The highest BCUT2D eigenvalue weighted by Gasteiger charge is 2.60. The number of hydrogen-bond donors (Lipinski definition) is 1. The first-order chi connectivity index (χ1) is 15.3. The largest absolute Gasteiger partial charge is 0.397 e. The van der Waals surface area contributed by atoms with Crippen molar-refractivity contribution in [1.82, 2.24) is 0 Å². The molecule has 0 radical (unpaired) electrons. The SMILES string of the molecule is C=C(C)C(C)/C=C/[C@@H](C)[C@H]1CC[C@H]2[C@@H]3CCC4C[C@@H](OS(=O)(=O)O)CC[C@]4(C)[C@H]3CC[C@]12C. The third-order valence-corrected chi connectivity index (χ3v) is 11.6. The smallest absolute Gasteiger partial charge is 0.264 e. The zero-order chi connectivity index (χ0) is 24.2. The van der Waals surface area contributed by atoms with Crippen LogP contribution < -0.4 is 0 Å². The van der Waals surface area contributed by atoms with Crippen LogP contribution in [0.2, 0.25) is 0 Å². The van der Waals surface area contributed by atoms with E-state index in [0.717, 1.165) is 42.9 Å². The summed E-state index contributed by atoms with van der Waals surface area (Å²) < 4.78 is 36.7. The highest BCUT2D eigenvalue weighted by molar-refractivity contribution is 7.80. The van der Waals surface area contributed by atoms with Gasteiger partial charge in [0, 0.05) is 0 Å². The second kappa shape index (κ2) is 9.09. The van der Waals surface area contributed by atoms with Crippen molar-refractivity contribution in [3.8, 4) is 0 Å². The molecule has 4 rings (SSSR count). The Labute approximate surface area is 202 Å². The van der Waals surface area contributed by atoms with Crippen LogP contribution in [0.15, 0.2) is 24.3 Å². The predicted molar refractivity (Wildman–Crippen MR) is 134 cm³/mol. The van der Waals surface area contributed by atoms with Crippen LogP contribution in [0.5, 0.6) is 0 Å². The maximum absolute atomic E-state index is 11.3. The fourth-order valence-corrected chi connectivity index (χ4v) is 9.54. The lowest BCUT2D eigenvalue weighted by Gasteiger charge is -2.61. The molecule has 4 nitrogen and oxygen atoms in total. The van der Waals surface area contributed by atoms with Gasteiger partial charge in [0.1, 0.15) is 0 Å². The van der Waals surface area contributed by atoms with E-state index in [9.17, 15) is 8.42 Å². The van der Waals surface area contributed by atoms with Crippen LogP contribution >= 0.6 is 0 Å². The normalized spacial score (nSPS) is 45.2. The summed E-state index contributed by atoms with van der Waals surface area (Å²) in [6.07, 6.45) is 14.8. The molecule has 0 bridgehead atoms. The van der Waals surface area contributed by atoms with Gasteiger partial charge in [-0.1, -0.05) is 52.0 Å². The van der Waals surface area contributed by atoms with Crippen LogP contribution in [0.25, 0.3) is 0 Å². The Morgan fingerprint density at radius 1 is 1.00 bits per heavy atom. The van der Waals surface area contributed by atoms with E-state index in [0.29, 0.717) is 23.2 Å². The molecule has 0 heterocycles. The second-order valence-corrected chi connectivity index (χ2v) is 13.7. The summed E-state index contributed by atoms with van der Waals surface area (Å²) in [5.41, 5.74) is 1.95. The zero-order valence-corrected chi connectivity index (χ0v) is 22.2. The molecule has 1 N–H and O–H groups in total. The van der Waals surface area contributed by atoms with Gasteiger partial charge >= 0.3 is 10.4 Å². The van der Waals surface area contributed by atoms with Crippen LogP contribution in [-0.4, -0.2) is 19.1 Å². The molecular formula is C28H46O4S. The number of rotatable bonds is 6. The summed E-state index contributed by atoms with van der Waals surface area (Å²) in [5, 5.41) is 0. The lowest BCUT2D eigenvalue weighted by Crippen LogP contribution is -2.54. The highest BCUT2D eigenvalue weighted by atomic mass is 32.3. The fraction of sp³-hybridized carbons (Fsp3) is 0.857. The number of allylic oxidation sites excluding steroid dienone is 3. The molecule has 10 atom stereocenters. The van der Waals surface area contributed by atoms with Gasteiger partial charge in [-0.15, -0.1) is 0 Å². The average Bonchev–Trinajstić information content (AvgIpc) is 3.08. The van der Waals surface area contributed by atoms with Gasteiger partial charge in [0.05, 0.1) is 6.10 Å². The fourth-order valence-electron chi connectivity index (χ4n) is 9.02. The molecule has 5 heteroatoms. The van der Waals surface area contributed by atoms with Crippen molar-refractivity contribution >= 4 is 10.4 Å². The second-order valence-electron chi connectivity index (χ2n) is 12.7. The van der Waals surface area contributed by atoms with E-state index in [1.165, 1.54) is 44.1 Å². The highest BCUT2D eigenvalue weighted by Crippen LogP contribution is 2.68. The van der Waals surface area contributed by atoms with Crippen LogP contribution in [0.3, 0.4) is 0 Å². The number of fused-ring (bicyclic) bond motifs is 5. The summed E-state index contributed by atoms with van der Waals surface area (Å²) in [4.78, 5) is 0. The molecule has 0 aromatic rings. The molecule has 0 aromatic heterocycles. The molecule has 4 fully saturated rings. The third kappa shape index (κ3) is 4.76. The van der Waals surface area contributed by atoms with Gasteiger partial charge in [0.25, 0.3) is 0 Å². The van der Waals surface area contributed by atoms with Crippen LogP contribution in [-0.2, 0) is 14.6 Å². The minimum atomic E-state index is -4.36. The molecule has 4 saturated carbocycles. The van der Waals surface area contributed by atoms with E-state index in [-0.39, 0.29) is 11.5 Å². The van der Waals surface area contributed by atoms with E-state index in [4.69, 9.17) is 8.74 Å². The Kier molecular flexibility index (Phi) is 7.01. The van der Waals surface area contributed by atoms with Crippen LogP contribution in [0, 0.1) is 52.3 Å². The Morgan fingerprint density at radius 3 is 2.33 bits per heavy atom. The Hall–Kier alpha value is -0.650. The van der Waals surface area contributed by atoms with E-state index >= 15 is 0 Å². The molecule has 0 saturated heterocycles. The topological polar surface area (TPSA) is 63.6 Å². The van der Waals surface area contributed by atoms with Crippen molar-refractivity contribution in [3.63, 3.8) is 0 Å². The molecular weight excluding hydrogens is 432 g/mol. The summed E-state index contributed by atoms with van der Waals surface area (Å²) in [7, 11) is -4.36. The molecule has 0 aromatic carbocycles. The Morgan fingerprint density at radius 2 is 1.67 bits per heavy atom. The standard InChI is InChI=1S/C28H46O4S/c1-18(2)19(3)7-8-20(4)24-11-12-25-23-10-9-21-17-22(32-33(29,30)31)13-15-27(21,5)26(23)14-16-28(24,25)6/h7-8,19-26H,1,9-17H2,2-6H3,(H,29,30,31)/b8-7+/t19?,20-,21?,22+,23+,24-,25+,26+,27+,28-/m1/s1. The lowest BCUT2D eigenvalue weighted by atomic mass is 9.44. The minimum absolute atomic E-state index is 0.282. The first-order valence-electron chi connectivity index (χ1n) is 13.3. The van der Waals surface area contributed by atoms with E-state index in [1.807, 2.05) is 0 Å². The predicted octanol–water partition coefficient (Wildman–Crippen LogP) is 7.24. The van der Waals surface area contributed by atoms with Crippen LogP contribution in [0.1, 0.15) is 92.4 Å².